The monoisotopic (exact) mass is 339 g/mol. The highest BCUT2D eigenvalue weighted by molar-refractivity contribution is 6.30. The molecule has 0 aliphatic rings. The minimum Gasteiger partial charge on any atom is -0.357 e. The van der Waals surface area contributed by atoms with Crippen LogP contribution in [-0.2, 0) is 0 Å². The molecule has 6 heteroatoms. The molecule has 0 aliphatic heterocycles. The second kappa shape index (κ2) is 6.84. The molecule has 3 aromatic rings. The summed E-state index contributed by atoms with van der Waals surface area (Å²) in [6.07, 6.45) is 3.49. The molecule has 0 saturated heterocycles. The van der Waals surface area contributed by atoms with E-state index < -0.39 is 0 Å². The first-order valence-electron chi connectivity index (χ1n) is 7.58. The van der Waals surface area contributed by atoms with Crippen molar-refractivity contribution in [3.05, 3.63) is 58.9 Å². The Balaban J connectivity index is 2.03. The lowest BCUT2D eigenvalue weighted by atomic mass is 10.1. The fraction of sp³-hybridized carbons (Fsp3) is 0.167. The van der Waals surface area contributed by atoms with Crippen molar-refractivity contribution in [1.82, 2.24) is 15.0 Å². The van der Waals surface area contributed by atoms with E-state index in [4.69, 9.17) is 11.6 Å². The molecule has 0 atom stereocenters. The van der Waals surface area contributed by atoms with Gasteiger partial charge < -0.3 is 10.6 Å². The quantitative estimate of drug-likeness (QED) is 0.727. The summed E-state index contributed by atoms with van der Waals surface area (Å²) in [5.41, 5.74) is 4.94. The topological polar surface area (TPSA) is 62.7 Å². The van der Waals surface area contributed by atoms with Gasteiger partial charge in [0, 0.05) is 41.8 Å². The van der Waals surface area contributed by atoms with Crippen LogP contribution in [0.25, 0.3) is 11.3 Å². The lowest BCUT2D eigenvalue weighted by Crippen LogP contribution is -2.04. The van der Waals surface area contributed by atoms with Gasteiger partial charge in [-0.15, -0.1) is 0 Å². The molecule has 2 N–H and O–H groups in total. The van der Waals surface area contributed by atoms with Crippen LogP contribution in [0.3, 0.4) is 0 Å². The number of anilines is 3. The number of rotatable bonds is 4. The maximum atomic E-state index is 6.11. The van der Waals surface area contributed by atoms with Crippen LogP contribution in [-0.4, -0.2) is 22.0 Å². The average molecular weight is 340 g/mol. The zero-order valence-corrected chi connectivity index (χ0v) is 14.5. The highest BCUT2D eigenvalue weighted by atomic mass is 35.5. The summed E-state index contributed by atoms with van der Waals surface area (Å²) in [5.74, 6) is 1.27. The number of pyridine rings is 1. The Hall–Kier alpha value is -2.66. The van der Waals surface area contributed by atoms with Crippen LogP contribution < -0.4 is 10.6 Å². The molecule has 0 aliphatic carbocycles. The average Bonchev–Trinajstić information content (AvgIpc) is 2.58. The second-order valence-electron chi connectivity index (χ2n) is 5.49. The predicted octanol–water partition coefficient (Wildman–Crippen LogP) is 4.59. The smallest absolute Gasteiger partial charge is 0.224 e. The summed E-state index contributed by atoms with van der Waals surface area (Å²) in [5, 5.41) is 7.12. The Kier molecular flexibility index (Phi) is 4.62. The molecule has 5 nitrogen and oxygen atoms in total. The van der Waals surface area contributed by atoms with E-state index in [9.17, 15) is 0 Å². The van der Waals surface area contributed by atoms with Gasteiger partial charge in [0.2, 0.25) is 5.95 Å². The van der Waals surface area contributed by atoms with Crippen molar-refractivity contribution in [2.24, 2.45) is 0 Å². The first-order valence-corrected chi connectivity index (χ1v) is 7.95. The van der Waals surface area contributed by atoms with Crippen molar-refractivity contribution in [2.75, 3.05) is 17.7 Å². The van der Waals surface area contributed by atoms with E-state index in [-0.39, 0.29) is 0 Å². The SMILES string of the molecule is CNc1nc(Nc2c(C)cc(Cl)cc2C)cc(-c2ccncc2)n1. The van der Waals surface area contributed by atoms with Crippen LogP contribution in [0.1, 0.15) is 11.1 Å². The van der Waals surface area contributed by atoms with Gasteiger partial charge in [0.1, 0.15) is 5.82 Å². The van der Waals surface area contributed by atoms with E-state index in [1.165, 1.54) is 0 Å². The van der Waals surface area contributed by atoms with Gasteiger partial charge in [-0.05, 0) is 49.2 Å². The molecule has 122 valence electrons. The van der Waals surface area contributed by atoms with Crippen molar-refractivity contribution in [3.63, 3.8) is 0 Å². The van der Waals surface area contributed by atoms with Gasteiger partial charge in [-0.2, -0.15) is 4.98 Å². The molecule has 0 amide bonds. The molecular weight excluding hydrogens is 322 g/mol. The Morgan fingerprint density at radius 2 is 1.62 bits per heavy atom. The molecule has 0 fully saturated rings. The molecule has 3 rings (SSSR count). The number of nitrogens with one attached hydrogen (secondary N) is 2. The van der Waals surface area contributed by atoms with Crippen LogP contribution in [0.5, 0.6) is 0 Å². The van der Waals surface area contributed by atoms with Crippen LogP contribution in [0.4, 0.5) is 17.5 Å². The largest absolute Gasteiger partial charge is 0.357 e. The summed E-state index contributed by atoms with van der Waals surface area (Å²) >= 11 is 6.11. The lowest BCUT2D eigenvalue weighted by Gasteiger charge is -2.14. The number of hydrogen-bond acceptors (Lipinski definition) is 5. The van der Waals surface area contributed by atoms with Gasteiger partial charge >= 0.3 is 0 Å². The second-order valence-corrected chi connectivity index (χ2v) is 5.92. The first kappa shape index (κ1) is 16.2. The summed E-state index contributed by atoms with van der Waals surface area (Å²) in [6.45, 7) is 4.04. The van der Waals surface area contributed by atoms with Crippen molar-refractivity contribution < 1.29 is 0 Å². The van der Waals surface area contributed by atoms with Crippen molar-refractivity contribution >= 4 is 29.1 Å². The molecular formula is C18H18ClN5. The van der Waals surface area contributed by atoms with E-state index in [0.717, 1.165) is 38.9 Å². The number of aryl methyl sites for hydroxylation is 2. The molecule has 2 heterocycles. The molecule has 24 heavy (non-hydrogen) atoms. The Morgan fingerprint density at radius 3 is 2.25 bits per heavy atom. The third-order valence-electron chi connectivity index (χ3n) is 3.68. The minimum atomic E-state index is 0.552. The summed E-state index contributed by atoms with van der Waals surface area (Å²) in [4.78, 5) is 13.1. The predicted molar refractivity (Wildman–Crippen MR) is 99.0 cm³/mol. The number of halogens is 1. The van der Waals surface area contributed by atoms with E-state index >= 15 is 0 Å². The van der Waals surface area contributed by atoms with Crippen LogP contribution in [0.2, 0.25) is 5.02 Å². The lowest BCUT2D eigenvalue weighted by molar-refractivity contribution is 1.15. The van der Waals surface area contributed by atoms with Gasteiger partial charge in [-0.25, -0.2) is 4.98 Å². The van der Waals surface area contributed by atoms with Gasteiger partial charge in [0.25, 0.3) is 0 Å². The van der Waals surface area contributed by atoms with Crippen molar-refractivity contribution in [1.29, 1.82) is 0 Å². The maximum absolute atomic E-state index is 6.11. The van der Waals surface area contributed by atoms with Crippen LogP contribution in [0, 0.1) is 13.8 Å². The molecule has 0 bridgehead atoms. The summed E-state index contributed by atoms with van der Waals surface area (Å²) < 4.78 is 0. The standard InChI is InChI=1S/C18H18ClN5/c1-11-8-14(19)9-12(2)17(11)23-16-10-15(22-18(20-3)24-16)13-4-6-21-7-5-13/h4-10H,1-3H3,(H2,20,22,23,24). The van der Waals surface area contributed by atoms with E-state index in [1.807, 2.05) is 44.2 Å². The Morgan fingerprint density at radius 1 is 0.958 bits per heavy atom. The molecule has 0 spiro atoms. The third-order valence-corrected chi connectivity index (χ3v) is 3.89. The number of hydrogen-bond donors (Lipinski definition) is 2. The fourth-order valence-electron chi connectivity index (χ4n) is 2.53. The van der Waals surface area contributed by atoms with E-state index in [2.05, 4.69) is 25.6 Å². The number of nitrogens with zero attached hydrogens (tertiary/aromatic N) is 3. The third kappa shape index (κ3) is 3.46. The highest BCUT2D eigenvalue weighted by Crippen LogP contribution is 2.29. The summed E-state index contributed by atoms with van der Waals surface area (Å²) in [7, 11) is 1.80. The van der Waals surface area contributed by atoms with Gasteiger partial charge in [0.05, 0.1) is 5.69 Å². The van der Waals surface area contributed by atoms with Crippen LogP contribution >= 0.6 is 11.6 Å². The molecule has 1 aromatic carbocycles. The van der Waals surface area contributed by atoms with Gasteiger partial charge in [-0.1, -0.05) is 11.6 Å². The molecule has 0 unspecified atom stereocenters. The number of benzene rings is 1. The Labute approximate surface area is 146 Å². The summed E-state index contributed by atoms with van der Waals surface area (Å²) in [6, 6.07) is 9.63. The van der Waals surface area contributed by atoms with E-state index in [1.54, 1.807) is 19.4 Å². The van der Waals surface area contributed by atoms with Crippen molar-refractivity contribution in [2.45, 2.75) is 13.8 Å². The molecule has 2 aromatic heterocycles. The van der Waals surface area contributed by atoms with Gasteiger partial charge in [-0.3, -0.25) is 4.98 Å². The minimum absolute atomic E-state index is 0.552. The molecule has 0 saturated carbocycles. The Bertz CT molecular complexity index is 842. The van der Waals surface area contributed by atoms with Crippen molar-refractivity contribution in [3.8, 4) is 11.3 Å². The molecule has 0 radical (unpaired) electrons. The van der Waals surface area contributed by atoms with E-state index in [0.29, 0.717) is 5.95 Å². The van der Waals surface area contributed by atoms with Crippen LogP contribution in [0.15, 0.2) is 42.7 Å². The fourth-order valence-corrected chi connectivity index (χ4v) is 2.86. The zero-order valence-electron chi connectivity index (χ0n) is 13.8. The highest BCUT2D eigenvalue weighted by Gasteiger charge is 2.09. The zero-order chi connectivity index (χ0) is 17.1. The maximum Gasteiger partial charge on any atom is 0.224 e. The number of aromatic nitrogens is 3. The van der Waals surface area contributed by atoms with Gasteiger partial charge in [0.15, 0.2) is 0 Å². The first-order chi connectivity index (χ1) is 11.6. The normalized spacial score (nSPS) is 10.5.